The van der Waals surface area contributed by atoms with E-state index >= 15 is 0 Å². The third-order valence-corrected chi connectivity index (χ3v) is 4.69. The van der Waals surface area contributed by atoms with Crippen molar-refractivity contribution in [2.75, 3.05) is 19.1 Å². The SMILES string of the molecule is COc1ccc(-n2ncc3c(=O)n(CC(=O)N(C)c4ccccc4)cnc32)cc1. The van der Waals surface area contributed by atoms with E-state index in [4.69, 9.17) is 4.74 Å². The maximum absolute atomic E-state index is 12.8. The monoisotopic (exact) mass is 389 g/mol. The molecule has 0 bridgehead atoms. The molecule has 0 aliphatic heterocycles. The number of aromatic nitrogens is 4. The number of ether oxygens (including phenoxy) is 1. The Hall–Kier alpha value is -3.94. The summed E-state index contributed by atoms with van der Waals surface area (Å²) in [6.07, 6.45) is 2.85. The number of rotatable bonds is 5. The highest BCUT2D eigenvalue weighted by Gasteiger charge is 2.16. The van der Waals surface area contributed by atoms with E-state index in [0.717, 1.165) is 17.1 Å². The highest BCUT2D eigenvalue weighted by molar-refractivity contribution is 5.92. The van der Waals surface area contributed by atoms with Crippen LogP contribution < -0.4 is 15.2 Å². The molecule has 0 atom stereocenters. The van der Waals surface area contributed by atoms with E-state index in [2.05, 4.69) is 10.1 Å². The molecule has 0 saturated heterocycles. The largest absolute Gasteiger partial charge is 0.497 e. The fourth-order valence-electron chi connectivity index (χ4n) is 3.02. The van der Waals surface area contributed by atoms with E-state index in [-0.39, 0.29) is 18.0 Å². The number of para-hydroxylation sites is 1. The zero-order valence-corrected chi connectivity index (χ0v) is 16.0. The van der Waals surface area contributed by atoms with E-state index < -0.39 is 0 Å². The van der Waals surface area contributed by atoms with E-state index in [0.29, 0.717) is 11.0 Å². The summed E-state index contributed by atoms with van der Waals surface area (Å²) in [7, 11) is 3.27. The van der Waals surface area contributed by atoms with Crippen LogP contribution in [0.4, 0.5) is 5.69 Å². The third kappa shape index (κ3) is 3.47. The predicted octanol–water partition coefficient (Wildman–Crippen LogP) is 2.25. The van der Waals surface area contributed by atoms with Gasteiger partial charge in [-0.15, -0.1) is 0 Å². The minimum Gasteiger partial charge on any atom is -0.497 e. The van der Waals surface area contributed by atoms with Gasteiger partial charge in [-0.1, -0.05) is 18.2 Å². The minimum atomic E-state index is -0.315. The zero-order valence-electron chi connectivity index (χ0n) is 16.0. The Morgan fingerprint density at radius 2 is 1.83 bits per heavy atom. The van der Waals surface area contributed by atoms with Crippen molar-refractivity contribution >= 4 is 22.6 Å². The molecule has 0 radical (unpaired) electrons. The molecule has 0 aliphatic rings. The molecule has 0 aliphatic carbocycles. The number of amides is 1. The Labute approximate surface area is 166 Å². The zero-order chi connectivity index (χ0) is 20.4. The Balaban J connectivity index is 1.63. The second kappa shape index (κ2) is 7.59. The summed E-state index contributed by atoms with van der Waals surface area (Å²) >= 11 is 0. The summed E-state index contributed by atoms with van der Waals surface area (Å²) in [5.41, 5.74) is 1.63. The van der Waals surface area contributed by atoms with Crippen LogP contribution in [0.25, 0.3) is 16.7 Å². The van der Waals surface area contributed by atoms with Crippen molar-refractivity contribution in [3.8, 4) is 11.4 Å². The maximum atomic E-state index is 12.8. The van der Waals surface area contributed by atoms with Gasteiger partial charge in [-0.05, 0) is 36.4 Å². The van der Waals surface area contributed by atoms with Crippen molar-refractivity contribution in [1.29, 1.82) is 0 Å². The summed E-state index contributed by atoms with van der Waals surface area (Å²) in [6, 6.07) is 16.5. The molecule has 8 heteroatoms. The summed E-state index contributed by atoms with van der Waals surface area (Å²) in [5.74, 6) is 0.503. The highest BCUT2D eigenvalue weighted by Crippen LogP contribution is 2.17. The highest BCUT2D eigenvalue weighted by atomic mass is 16.5. The molecule has 1 amide bonds. The molecule has 0 saturated carbocycles. The molecule has 0 fully saturated rings. The first-order valence-electron chi connectivity index (χ1n) is 8.97. The van der Waals surface area contributed by atoms with Crippen LogP contribution >= 0.6 is 0 Å². The summed E-state index contributed by atoms with van der Waals surface area (Å²) < 4.78 is 8.04. The van der Waals surface area contributed by atoms with E-state index in [1.807, 2.05) is 54.6 Å². The molecular weight excluding hydrogens is 370 g/mol. The van der Waals surface area contributed by atoms with E-state index in [9.17, 15) is 9.59 Å². The van der Waals surface area contributed by atoms with E-state index in [1.54, 1.807) is 18.8 Å². The van der Waals surface area contributed by atoms with Gasteiger partial charge >= 0.3 is 0 Å². The Bertz CT molecular complexity index is 1210. The van der Waals surface area contributed by atoms with Gasteiger partial charge in [-0.25, -0.2) is 9.67 Å². The normalized spacial score (nSPS) is 10.8. The first-order chi connectivity index (χ1) is 14.1. The van der Waals surface area contributed by atoms with Crippen LogP contribution in [0.3, 0.4) is 0 Å². The van der Waals surface area contributed by atoms with Crippen LogP contribution in [0.15, 0.2) is 71.9 Å². The average molecular weight is 389 g/mol. The Morgan fingerprint density at radius 3 is 2.52 bits per heavy atom. The van der Waals surface area contributed by atoms with Gasteiger partial charge in [-0.3, -0.25) is 14.2 Å². The van der Waals surface area contributed by atoms with Crippen LogP contribution in [0, 0.1) is 0 Å². The summed E-state index contributed by atoms with van der Waals surface area (Å²) in [6.45, 7) is -0.110. The molecule has 4 aromatic rings. The van der Waals surface area contributed by atoms with Crippen LogP contribution in [0.1, 0.15) is 0 Å². The topological polar surface area (TPSA) is 82.2 Å². The first kappa shape index (κ1) is 18.4. The molecule has 2 aromatic carbocycles. The molecule has 0 spiro atoms. The summed E-state index contributed by atoms with van der Waals surface area (Å²) in [4.78, 5) is 31.3. The van der Waals surface area contributed by atoms with Gasteiger partial charge in [0, 0.05) is 12.7 Å². The Kier molecular flexibility index (Phi) is 4.82. The number of hydrogen-bond acceptors (Lipinski definition) is 5. The standard InChI is InChI=1S/C21H19N5O3/c1-24(15-6-4-3-5-7-15)19(27)13-25-14-22-20-18(21(25)28)12-23-26(20)16-8-10-17(29-2)11-9-16/h3-12,14H,13H2,1-2H3. The molecule has 2 heterocycles. The van der Waals surface area contributed by atoms with Gasteiger partial charge < -0.3 is 9.64 Å². The van der Waals surface area contributed by atoms with Crippen molar-refractivity contribution < 1.29 is 9.53 Å². The summed E-state index contributed by atoms with van der Waals surface area (Å²) in [5, 5.41) is 4.64. The number of nitrogens with zero attached hydrogens (tertiary/aromatic N) is 5. The number of methoxy groups -OCH3 is 1. The second-order valence-corrected chi connectivity index (χ2v) is 6.46. The van der Waals surface area contributed by atoms with Gasteiger partial charge in [-0.2, -0.15) is 5.10 Å². The lowest BCUT2D eigenvalue weighted by atomic mass is 10.3. The lowest BCUT2D eigenvalue weighted by Crippen LogP contribution is -2.34. The molecular formula is C21H19N5O3. The molecule has 0 unspecified atom stereocenters. The first-order valence-corrected chi connectivity index (χ1v) is 8.97. The van der Waals surface area contributed by atoms with Crippen LogP contribution in [-0.2, 0) is 11.3 Å². The maximum Gasteiger partial charge on any atom is 0.264 e. The number of hydrogen-bond donors (Lipinski definition) is 0. The molecule has 2 aromatic heterocycles. The molecule has 146 valence electrons. The van der Waals surface area contributed by atoms with Crippen molar-refractivity contribution in [3.63, 3.8) is 0 Å². The Morgan fingerprint density at radius 1 is 1.10 bits per heavy atom. The van der Waals surface area contributed by atoms with Crippen LogP contribution in [0.5, 0.6) is 5.75 Å². The number of benzene rings is 2. The quantitative estimate of drug-likeness (QED) is 0.523. The lowest BCUT2D eigenvalue weighted by Gasteiger charge is -2.17. The molecule has 4 rings (SSSR count). The van der Waals surface area contributed by atoms with Crippen molar-refractivity contribution in [2.24, 2.45) is 0 Å². The van der Waals surface area contributed by atoms with Gasteiger partial charge in [0.1, 0.15) is 24.0 Å². The van der Waals surface area contributed by atoms with Gasteiger partial charge in [0.25, 0.3) is 5.56 Å². The van der Waals surface area contributed by atoms with Crippen LogP contribution in [0.2, 0.25) is 0 Å². The number of likely N-dealkylation sites (N-methyl/N-ethyl adjacent to an activating group) is 1. The second-order valence-electron chi connectivity index (χ2n) is 6.46. The third-order valence-electron chi connectivity index (χ3n) is 4.69. The lowest BCUT2D eigenvalue weighted by molar-refractivity contribution is -0.118. The van der Waals surface area contributed by atoms with Crippen molar-refractivity contribution in [2.45, 2.75) is 6.54 Å². The van der Waals surface area contributed by atoms with Crippen molar-refractivity contribution in [1.82, 2.24) is 19.3 Å². The predicted molar refractivity (Wildman–Crippen MR) is 110 cm³/mol. The number of fused-ring (bicyclic) bond motifs is 1. The van der Waals surface area contributed by atoms with Crippen molar-refractivity contribution in [3.05, 3.63) is 77.5 Å². The van der Waals surface area contributed by atoms with E-state index in [1.165, 1.54) is 22.0 Å². The number of anilines is 1. The number of carbonyl (C=O) groups is 1. The fraction of sp³-hybridized carbons (Fsp3) is 0.143. The van der Waals surface area contributed by atoms with Gasteiger partial charge in [0.05, 0.1) is 19.0 Å². The average Bonchev–Trinajstić information content (AvgIpc) is 3.20. The molecule has 0 N–H and O–H groups in total. The fourth-order valence-corrected chi connectivity index (χ4v) is 3.02. The smallest absolute Gasteiger partial charge is 0.264 e. The number of carbonyl (C=O) groups excluding carboxylic acids is 1. The minimum absolute atomic E-state index is 0.110. The van der Waals surface area contributed by atoms with Gasteiger partial charge in [0.15, 0.2) is 5.65 Å². The van der Waals surface area contributed by atoms with Crippen LogP contribution in [-0.4, -0.2) is 39.4 Å². The van der Waals surface area contributed by atoms with Gasteiger partial charge in [0.2, 0.25) is 5.91 Å². The molecule has 8 nitrogen and oxygen atoms in total. The molecule has 29 heavy (non-hydrogen) atoms.